The molecule has 9 nitrogen and oxygen atoms in total. The number of carbonyl (C=O) groups is 2. The summed E-state index contributed by atoms with van der Waals surface area (Å²) < 4.78 is 19.6. The third kappa shape index (κ3) is 7.97. The second-order valence-electron chi connectivity index (χ2n) is 9.75. The fraction of sp³-hybridized carbons (Fsp3) is 0.226. The number of nitrogens with one attached hydrogen (secondary N) is 1. The summed E-state index contributed by atoms with van der Waals surface area (Å²) in [4.78, 5) is 32.5. The van der Waals surface area contributed by atoms with Crippen molar-refractivity contribution in [3.63, 3.8) is 0 Å². The van der Waals surface area contributed by atoms with Crippen LogP contribution in [-0.2, 0) is 16.8 Å². The highest BCUT2D eigenvalue weighted by Crippen LogP contribution is 2.18. The van der Waals surface area contributed by atoms with Gasteiger partial charge in [-0.15, -0.1) is 0 Å². The molecule has 0 saturated carbocycles. The van der Waals surface area contributed by atoms with Crippen molar-refractivity contribution < 1.29 is 13.8 Å². The van der Waals surface area contributed by atoms with E-state index < -0.39 is 15.6 Å². The largest absolute Gasteiger partial charge is 0.321 e. The van der Waals surface area contributed by atoms with E-state index >= 15 is 0 Å². The predicted molar refractivity (Wildman–Crippen MR) is 160 cm³/mol. The van der Waals surface area contributed by atoms with E-state index in [4.69, 9.17) is 0 Å². The van der Waals surface area contributed by atoms with Gasteiger partial charge >= 0.3 is 0 Å². The number of hydrogen-bond donors (Lipinski definition) is 1. The van der Waals surface area contributed by atoms with Gasteiger partial charge in [0.25, 0.3) is 11.8 Å². The van der Waals surface area contributed by atoms with Crippen molar-refractivity contribution in [2.75, 3.05) is 31.7 Å². The number of pyridine rings is 1. The molecule has 2 heterocycles. The summed E-state index contributed by atoms with van der Waals surface area (Å²) in [7, 11) is 2.64. The first kappa shape index (κ1) is 29.4. The van der Waals surface area contributed by atoms with Crippen LogP contribution in [0.25, 0.3) is 0 Å². The van der Waals surface area contributed by atoms with Gasteiger partial charge in [-0.3, -0.25) is 19.3 Å². The summed E-state index contributed by atoms with van der Waals surface area (Å²) in [5.74, 6) is 5.45. The Balaban J connectivity index is 1.54. The molecule has 2 amide bonds. The number of anilines is 1. The maximum atomic E-state index is 13.9. The first-order chi connectivity index (χ1) is 19.6. The van der Waals surface area contributed by atoms with Crippen LogP contribution in [0.1, 0.15) is 44.1 Å². The molecule has 0 aliphatic heterocycles. The van der Waals surface area contributed by atoms with E-state index in [-0.39, 0.29) is 17.2 Å². The number of aryl methyl sites for hydroxylation is 2. The fourth-order valence-electron chi connectivity index (χ4n) is 4.07. The van der Waals surface area contributed by atoms with E-state index in [9.17, 15) is 13.8 Å². The summed E-state index contributed by atoms with van der Waals surface area (Å²) >= 11 is 0. The molecule has 10 heteroatoms. The molecule has 0 radical (unpaired) electrons. The van der Waals surface area contributed by atoms with Crippen LogP contribution in [0.4, 0.5) is 5.69 Å². The molecule has 0 bridgehead atoms. The van der Waals surface area contributed by atoms with Gasteiger partial charge in [-0.25, -0.2) is 4.21 Å². The van der Waals surface area contributed by atoms with Crippen molar-refractivity contribution in [2.24, 2.45) is 11.4 Å². The van der Waals surface area contributed by atoms with E-state index in [1.807, 2.05) is 38.1 Å². The van der Waals surface area contributed by atoms with E-state index in [0.29, 0.717) is 33.8 Å². The quantitative estimate of drug-likeness (QED) is 0.316. The highest BCUT2D eigenvalue weighted by Gasteiger charge is 2.17. The smallest absolute Gasteiger partial charge is 0.286 e. The zero-order valence-electron chi connectivity index (χ0n) is 23.5. The molecule has 4 rings (SSSR count). The minimum atomic E-state index is -2.97. The molecule has 0 saturated heterocycles. The van der Waals surface area contributed by atoms with Crippen LogP contribution in [0, 0.1) is 18.8 Å². The van der Waals surface area contributed by atoms with E-state index in [1.54, 1.807) is 67.8 Å². The van der Waals surface area contributed by atoms with Gasteiger partial charge in [-0.2, -0.15) is 9.46 Å². The van der Waals surface area contributed by atoms with Crippen LogP contribution in [-0.4, -0.2) is 62.1 Å². The summed E-state index contributed by atoms with van der Waals surface area (Å²) in [5, 5.41) is 7.07. The summed E-state index contributed by atoms with van der Waals surface area (Å²) in [6.45, 7) is 2.56. The molecule has 1 N–H and O–H groups in total. The number of aromatic nitrogens is 3. The molecule has 210 valence electrons. The fourth-order valence-corrected chi connectivity index (χ4v) is 5.98. The lowest BCUT2D eigenvalue weighted by atomic mass is 10.1. The maximum absolute atomic E-state index is 13.9. The van der Waals surface area contributed by atoms with Crippen LogP contribution < -0.4 is 5.32 Å². The number of amides is 2. The summed E-state index contributed by atoms with van der Waals surface area (Å²) in [5.41, 5.74) is 3.17. The van der Waals surface area contributed by atoms with Crippen molar-refractivity contribution in [3.8, 4) is 11.8 Å². The molecule has 1 atom stereocenters. The molecule has 1 unspecified atom stereocenters. The average molecular weight is 569 g/mol. The lowest BCUT2D eigenvalue weighted by Crippen LogP contribution is -2.18. The Bertz CT molecular complexity index is 1740. The van der Waals surface area contributed by atoms with Gasteiger partial charge in [0.1, 0.15) is 5.69 Å². The molecular weight excluding hydrogens is 536 g/mol. The molecule has 2 aromatic heterocycles. The number of rotatable bonds is 8. The molecule has 4 aromatic rings. The number of nitrogens with zero attached hydrogens (tertiary/aromatic N) is 5. The zero-order valence-corrected chi connectivity index (χ0v) is 24.3. The van der Waals surface area contributed by atoms with Gasteiger partial charge in [-0.05, 0) is 76.4 Å². The Morgan fingerprint density at radius 3 is 2.46 bits per heavy atom. The van der Waals surface area contributed by atoms with Crippen LogP contribution in [0.2, 0.25) is 0 Å². The monoisotopic (exact) mass is 568 g/mol. The first-order valence-electron chi connectivity index (χ1n) is 13.0. The molecule has 0 spiro atoms. The Hall–Kier alpha value is -4.59. The molecule has 0 aliphatic carbocycles. The van der Waals surface area contributed by atoms with E-state index in [2.05, 4.69) is 31.6 Å². The van der Waals surface area contributed by atoms with Crippen LogP contribution >= 0.6 is 0 Å². The zero-order chi connectivity index (χ0) is 29.4. The van der Waals surface area contributed by atoms with Crippen LogP contribution in [0.5, 0.6) is 0 Å². The topological polar surface area (TPSA) is 110 Å². The van der Waals surface area contributed by atoms with Crippen LogP contribution in [0.3, 0.4) is 0 Å². The molecule has 0 aliphatic rings. The standard InChI is InChI=1S/C31H32N6O3S/c1-23-18-29(37(4)34-23)31(39)33-27-11-8-10-24(20-27)14-15-25-19-26(22-32-21-25)30(38)35-41(40,17-9-16-36(2)3)28-12-6-5-7-13-28/h5-8,10-13,18-22H,9,16-17H2,1-4H3,(H,33,39). The van der Waals surface area contributed by atoms with Crippen molar-refractivity contribution in [1.82, 2.24) is 19.7 Å². The first-order valence-corrected chi connectivity index (χ1v) is 14.7. The van der Waals surface area contributed by atoms with E-state index in [1.165, 1.54) is 10.9 Å². The normalized spacial score (nSPS) is 12.2. The molecule has 41 heavy (non-hydrogen) atoms. The van der Waals surface area contributed by atoms with Gasteiger partial charge in [0.15, 0.2) is 0 Å². The maximum Gasteiger partial charge on any atom is 0.286 e. The van der Waals surface area contributed by atoms with Crippen molar-refractivity contribution in [1.29, 1.82) is 0 Å². The lowest BCUT2D eigenvalue weighted by Gasteiger charge is -2.13. The van der Waals surface area contributed by atoms with Crippen molar-refractivity contribution in [2.45, 2.75) is 18.2 Å². The molecular formula is C31H32N6O3S. The Labute approximate surface area is 240 Å². The highest BCUT2D eigenvalue weighted by molar-refractivity contribution is 7.94. The predicted octanol–water partition coefficient (Wildman–Crippen LogP) is 4.39. The van der Waals surface area contributed by atoms with Gasteiger partial charge < -0.3 is 10.2 Å². The minimum absolute atomic E-state index is 0.209. The molecule has 0 fully saturated rings. The van der Waals surface area contributed by atoms with Gasteiger partial charge in [-0.1, -0.05) is 36.1 Å². The van der Waals surface area contributed by atoms with Gasteiger partial charge in [0.05, 0.1) is 21.0 Å². The third-order valence-corrected chi connectivity index (χ3v) is 8.37. The minimum Gasteiger partial charge on any atom is -0.321 e. The Morgan fingerprint density at radius 2 is 1.76 bits per heavy atom. The van der Waals surface area contributed by atoms with Crippen molar-refractivity contribution in [3.05, 3.63) is 107 Å². The Morgan fingerprint density at radius 1 is 1.00 bits per heavy atom. The molecule has 2 aromatic carbocycles. The number of hydrogen-bond acceptors (Lipinski definition) is 6. The number of benzene rings is 2. The lowest BCUT2D eigenvalue weighted by molar-refractivity contribution is 0.0999. The van der Waals surface area contributed by atoms with Crippen molar-refractivity contribution >= 4 is 27.2 Å². The third-order valence-electron chi connectivity index (χ3n) is 6.06. The number of carbonyl (C=O) groups excluding carboxylic acids is 2. The second kappa shape index (κ2) is 13.2. The average Bonchev–Trinajstić information content (AvgIpc) is 3.30. The van der Waals surface area contributed by atoms with E-state index in [0.717, 1.165) is 12.2 Å². The van der Waals surface area contributed by atoms with Crippen LogP contribution in [0.15, 0.2) is 88.4 Å². The Kier molecular flexibility index (Phi) is 9.45. The summed E-state index contributed by atoms with van der Waals surface area (Å²) in [6, 6.07) is 19.3. The SMILES string of the molecule is Cc1cc(C(=O)Nc2cccc(C#Cc3cncc(C(=O)N=S(=O)(CCCN(C)C)c4ccccc4)c3)c2)n(C)n1. The van der Waals surface area contributed by atoms with Gasteiger partial charge in [0, 0.05) is 46.9 Å². The summed E-state index contributed by atoms with van der Waals surface area (Å²) in [6.07, 6.45) is 3.58. The van der Waals surface area contributed by atoms with Gasteiger partial charge in [0.2, 0.25) is 0 Å². The highest BCUT2D eigenvalue weighted by atomic mass is 32.2. The second-order valence-corrected chi connectivity index (χ2v) is 12.1.